The van der Waals surface area contributed by atoms with E-state index < -0.39 is 23.3 Å². The first kappa shape index (κ1) is 22.2. The molecular weight excluding hydrogens is 411 g/mol. The maximum absolute atomic E-state index is 13.2. The van der Waals surface area contributed by atoms with Gasteiger partial charge in [-0.25, -0.2) is 19.9 Å². The van der Waals surface area contributed by atoms with E-state index in [1.807, 2.05) is 13.8 Å². The monoisotopic (exact) mass is 431 g/mol. The molecule has 0 saturated carbocycles. The van der Waals surface area contributed by atoms with Gasteiger partial charge in [0.05, 0.1) is 30.3 Å². The molecule has 3 aromatic heterocycles. The van der Waals surface area contributed by atoms with Crippen molar-refractivity contribution in [2.75, 3.05) is 12.4 Å². The van der Waals surface area contributed by atoms with Crippen LogP contribution in [0.3, 0.4) is 0 Å². The molecule has 0 aromatic carbocycles. The minimum Gasteiger partial charge on any atom is -0.481 e. The van der Waals surface area contributed by atoms with Crippen molar-refractivity contribution in [3.63, 3.8) is 0 Å². The molecule has 3 aromatic rings. The highest BCUT2D eigenvalue weighted by Gasteiger charge is 2.40. The number of alkyl halides is 3. The van der Waals surface area contributed by atoms with Crippen LogP contribution in [0, 0.1) is 11.3 Å². The van der Waals surface area contributed by atoms with Gasteiger partial charge in [0.2, 0.25) is 5.88 Å². The first-order chi connectivity index (χ1) is 14.5. The van der Waals surface area contributed by atoms with Crippen molar-refractivity contribution < 1.29 is 17.9 Å². The first-order valence-electron chi connectivity index (χ1n) is 9.18. The number of nitriles is 1. The Morgan fingerprint density at radius 1 is 1.10 bits per heavy atom. The molecule has 0 aliphatic carbocycles. The number of aromatic nitrogens is 4. The molecule has 0 bridgehead atoms. The molecule has 3 heterocycles. The van der Waals surface area contributed by atoms with Crippen LogP contribution in [-0.4, -0.2) is 33.2 Å². The van der Waals surface area contributed by atoms with Crippen LogP contribution in [0.2, 0.25) is 0 Å². The van der Waals surface area contributed by atoms with Crippen molar-refractivity contribution in [2.24, 2.45) is 5.73 Å². The van der Waals surface area contributed by atoms with Crippen LogP contribution in [0.5, 0.6) is 5.88 Å². The van der Waals surface area contributed by atoms with Gasteiger partial charge in [-0.3, -0.25) is 0 Å². The molecule has 0 saturated heterocycles. The summed E-state index contributed by atoms with van der Waals surface area (Å²) in [5.41, 5.74) is 5.42. The zero-order valence-corrected chi connectivity index (χ0v) is 17.2. The van der Waals surface area contributed by atoms with Gasteiger partial charge < -0.3 is 15.8 Å². The Morgan fingerprint density at radius 3 is 2.39 bits per heavy atom. The maximum atomic E-state index is 13.2. The molecule has 162 valence electrons. The van der Waals surface area contributed by atoms with Crippen molar-refractivity contribution in [1.29, 1.82) is 5.26 Å². The highest BCUT2D eigenvalue weighted by Crippen LogP contribution is 2.35. The number of fused-ring (bicyclic) bond motifs is 1. The largest absolute Gasteiger partial charge is 0.481 e. The summed E-state index contributed by atoms with van der Waals surface area (Å²) in [4.78, 5) is 16.3. The van der Waals surface area contributed by atoms with Crippen molar-refractivity contribution in [3.8, 4) is 11.9 Å². The van der Waals surface area contributed by atoms with E-state index in [1.54, 1.807) is 18.3 Å². The zero-order valence-electron chi connectivity index (χ0n) is 17.2. The molecule has 0 radical (unpaired) electrons. The predicted molar refractivity (Wildman–Crippen MR) is 108 cm³/mol. The van der Waals surface area contributed by atoms with Crippen LogP contribution >= 0.6 is 0 Å². The summed E-state index contributed by atoms with van der Waals surface area (Å²) in [7, 11) is 1.48. The number of nitrogens with zero attached hydrogens (tertiary/aromatic N) is 5. The normalized spacial score (nSPS) is 13.0. The fourth-order valence-corrected chi connectivity index (χ4v) is 2.99. The summed E-state index contributed by atoms with van der Waals surface area (Å²) in [5, 5.41) is 13.3. The standard InChI is InChI=1S/C20H20F3N7O/c1-10(20(21,22)23)17-14(6-24)26-9-16(30-17)29-15-5-11-12(7-27-15)18(31-4)28-8-13(11)19(2,3)25/h5,7-10H,25H2,1-4H3,(H,27,29,30). The van der Waals surface area contributed by atoms with E-state index in [1.165, 1.54) is 19.5 Å². The van der Waals surface area contributed by atoms with E-state index in [-0.39, 0.29) is 11.5 Å². The molecule has 0 aliphatic heterocycles. The van der Waals surface area contributed by atoms with Gasteiger partial charge in [-0.15, -0.1) is 0 Å². The lowest BCUT2D eigenvalue weighted by molar-refractivity contribution is -0.147. The van der Waals surface area contributed by atoms with E-state index in [0.29, 0.717) is 22.5 Å². The summed E-state index contributed by atoms with van der Waals surface area (Å²) in [5.74, 6) is -1.27. The lowest BCUT2D eigenvalue weighted by Gasteiger charge is -2.22. The number of anilines is 2. The lowest BCUT2D eigenvalue weighted by Crippen LogP contribution is -2.29. The Morgan fingerprint density at radius 2 is 1.81 bits per heavy atom. The van der Waals surface area contributed by atoms with Gasteiger partial charge in [-0.05, 0) is 37.8 Å². The average molecular weight is 431 g/mol. The molecule has 3 rings (SSSR count). The molecule has 0 aliphatic rings. The van der Waals surface area contributed by atoms with E-state index in [0.717, 1.165) is 12.5 Å². The number of rotatable bonds is 5. The maximum Gasteiger partial charge on any atom is 0.397 e. The van der Waals surface area contributed by atoms with Gasteiger partial charge in [0, 0.05) is 17.9 Å². The van der Waals surface area contributed by atoms with Gasteiger partial charge in [0.15, 0.2) is 5.69 Å². The smallest absolute Gasteiger partial charge is 0.397 e. The zero-order chi connectivity index (χ0) is 23.0. The van der Waals surface area contributed by atoms with Gasteiger partial charge in [-0.2, -0.15) is 18.4 Å². The molecule has 11 heteroatoms. The van der Waals surface area contributed by atoms with Gasteiger partial charge in [0.25, 0.3) is 0 Å². The number of nitrogens with two attached hydrogens (primary N) is 1. The Balaban J connectivity index is 2.07. The van der Waals surface area contributed by atoms with Gasteiger partial charge in [-0.1, -0.05) is 0 Å². The fourth-order valence-electron chi connectivity index (χ4n) is 2.99. The number of pyridine rings is 2. The van der Waals surface area contributed by atoms with E-state index in [4.69, 9.17) is 15.7 Å². The second-order valence-corrected chi connectivity index (χ2v) is 7.51. The highest BCUT2D eigenvalue weighted by molar-refractivity contribution is 5.91. The van der Waals surface area contributed by atoms with E-state index in [2.05, 4.69) is 25.3 Å². The van der Waals surface area contributed by atoms with Crippen molar-refractivity contribution >= 4 is 22.4 Å². The third kappa shape index (κ3) is 4.49. The van der Waals surface area contributed by atoms with Crippen LogP contribution < -0.4 is 15.8 Å². The molecule has 0 fully saturated rings. The van der Waals surface area contributed by atoms with Crippen LogP contribution in [-0.2, 0) is 5.54 Å². The fraction of sp³-hybridized carbons (Fsp3) is 0.350. The van der Waals surface area contributed by atoms with Crippen LogP contribution in [0.4, 0.5) is 24.8 Å². The SMILES string of the molecule is COc1ncc(C(C)(C)N)c2cc(Nc3cnc(C#N)c(C(C)C(F)(F)F)n3)ncc12. The Kier molecular flexibility index (Phi) is 5.69. The quantitative estimate of drug-likeness (QED) is 0.624. The molecule has 0 amide bonds. The number of hydrogen-bond acceptors (Lipinski definition) is 8. The van der Waals surface area contributed by atoms with Crippen LogP contribution in [0.25, 0.3) is 10.8 Å². The summed E-state index contributed by atoms with van der Waals surface area (Å²) in [6, 6.07) is 3.33. The lowest BCUT2D eigenvalue weighted by atomic mass is 9.93. The number of nitrogens with one attached hydrogen (secondary N) is 1. The topological polar surface area (TPSA) is 123 Å². The summed E-state index contributed by atoms with van der Waals surface area (Å²) >= 11 is 0. The van der Waals surface area contributed by atoms with Crippen LogP contribution in [0.15, 0.2) is 24.7 Å². The molecule has 31 heavy (non-hydrogen) atoms. The molecule has 0 spiro atoms. The summed E-state index contributed by atoms with van der Waals surface area (Å²) in [6.07, 6.45) is -0.256. The predicted octanol–water partition coefficient (Wildman–Crippen LogP) is 3.90. The first-order valence-corrected chi connectivity index (χ1v) is 9.18. The van der Waals surface area contributed by atoms with Gasteiger partial charge in [0.1, 0.15) is 17.7 Å². The Hall–Kier alpha value is -3.52. The highest BCUT2D eigenvalue weighted by atomic mass is 19.4. The second kappa shape index (κ2) is 7.96. The number of halogens is 3. The van der Waals surface area contributed by atoms with E-state index in [9.17, 15) is 13.2 Å². The van der Waals surface area contributed by atoms with Crippen molar-refractivity contribution in [2.45, 2.75) is 38.4 Å². The summed E-state index contributed by atoms with van der Waals surface area (Å²) < 4.78 is 44.8. The van der Waals surface area contributed by atoms with Crippen LogP contribution in [0.1, 0.15) is 43.6 Å². The number of methoxy groups -OCH3 is 1. The molecular formula is C20H20F3N7O. The minimum absolute atomic E-state index is 0.0199. The molecule has 8 nitrogen and oxygen atoms in total. The second-order valence-electron chi connectivity index (χ2n) is 7.51. The summed E-state index contributed by atoms with van der Waals surface area (Å²) in [6.45, 7) is 4.57. The third-order valence-corrected chi connectivity index (χ3v) is 4.69. The number of hydrogen-bond donors (Lipinski definition) is 2. The van der Waals surface area contributed by atoms with Crippen molar-refractivity contribution in [3.05, 3.63) is 41.6 Å². The van der Waals surface area contributed by atoms with E-state index >= 15 is 0 Å². The molecule has 1 unspecified atom stereocenters. The minimum atomic E-state index is -4.56. The number of ether oxygens (including phenoxy) is 1. The average Bonchev–Trinajstić information content (AvgIpc) is 2.70. The van der Waals surface area contributed by atoms with Gasteiger partial charge >= 0.3 is 6.18 Å². The molecule has 3 N–H and O–H groups in total. The Labute approximate surface area is 176 Å². The Bertz CT molecular complexity index is 1170. The molecule has 1 atom stereocenters. The third-order valence-electron chi connectivity index (χ3n) is 4.69. The van der Waals surface area contributed by atoms with Crippen molar-refractivity contribution in [1.82, 2.24) is 19.9 Å².